The van der Waals surface area contributed by atoms with Gasteiger partial charge in [0.1, 0.15) is 26.2 Å². The smallest absolute Gasteiger partial charge is 0.282 e. The molecule has 6 nitrogen and oxygen atoms in total. The summed E-state index contributed by atoms with van der Waals surface area (Å²) in [5, 5.41) is 6.08. The van der Waals surface area contributed by atoms with Crippen LogP contribution in [0.5, 0.6) is 0 Å². The van der Waals surface area contributed by atoms with Crippen molar-refractivity contribution in [2.45, 2.75) is 47.1 Å². The molecule has 1 aromatic rings. The second-order valence-electron chi connectivity index (χ2n) is 7.92. The van der Waals surface area contributed by atoms with Gasteiger partial charge in [0.2, 0.25) is 0 Å². The first-order valence-corrected chi connectivity index (χ1v) is 10.1. The zero-order valence-electron chi connectivity index (χ0n) is 17.5. The lowest BCUT2D eigenvalue weighted by Gasteiger charge is -2.32. The normalized spacial score (nSPS) is 20.8. The number of rotatable bonds is 7. The molecule has 0 saturated carbocycles. The highest BCUT2D eigenvalue weighted by Gasteiger charge is 2.32. The van der Waals surface area contributed by atoms with Crippen molar-refractivity contribution in [2.24, 2.45) is 0 Å². The van der Waals surface area contributed by atoms with Gasteiger partial charge in [0.15, 0.2) is 12.6 Å². The molecule has 1 aromatic carbocycles. The molecule has 0 aromatic heterocycles. The van der Waals surface area contributed by atoms with E-state index in [1.54, 1.807) is 0 Å². The first kappa shape index (κ1) is 21.4. The molecular weight excluding hydrogens is 340 g/mol. The van der Waals surface area contributed by atoms with E-state index in [0.29, 0.717) is 6.54 Å². The van der Waals surface area contributed by atoms with Gasteiger partial charge in [0.05, 0.1) is 0 Å². The minimum atomic E-state index is -0.0967. The number of carbonyl (C=O) groups excluding carboxylic acids is 2. The molecule has 0 bridgehead atoms. The van der Waals surface area contributed by atoms with E-state index in [1.807, 2.05) is 20.8 Å². The minimum absolute atomic E-state index is 0.0733. The number of aryl methyl sites for hydroxylation is 3. The molecule has 27 heavy (non-hydrogen) atoms. The topological polar surface area (TPSA) is 67.1 Å². The highest BCUT2D eigenvalue weighted by Crippen LogP contribution is 2.21. The Morgan fingerprint density at radius 3 is 2.22 bits per heavy atom. The molecule has 4 N–H and O–H groups in total. The zero-order chi connectivity index (χ0) is 20.0. The van der Waals surface area contributed by atoms with Crippen molar-refractivity contribution in [3.63, 3.8) is 0 Å². The molecule has 1 aliphatic rings. The zero-order valence-corrected chi connectivity index (χ0v) is 17.5. The van der Waals surface area contributed by atoms with E-state index >= 15 is 0 Å². The summed E-state index contributed by atoms with van der Waals surface area (Å²) in [4.78, 5) is 27.3. The monoisotopic (exact) mass is 376 g/mol. The van der Waals surface area contributed by atoms with E-state index in [-0.39, 0.29) is 17.9 Å². The third-order valence-corrected chi connectivity index (χ3v) is 5.51. The summed E-state index contributed by atoms with van der Waals surface area (Å²) < 4.78 is 0. The van der Waals surface area contributed by atoms with Gasteiger partial charge in [-0.3, -0.25) is 9.59 Å². The SMILES string of the molecule is CCCNC(=O)C[NH+]1CC[NH+]([C@@H](C)C(=O)Nc2c(C)cc(C)cc2C)CC1. The van der Waals surface area contributed by atoms with Crippen LogP contribution in [0.1, 0.15) is 37.0 Å². The van der Waals surface area contributed by atoms with Crippen LogP contribution in [-0.2, 0) is 9.59 Å². The van der Waals surface area contributed by atoms with Crippen LogP contribution >= 0.6 is 0 Å². The van der Waals surface area contributed by atoms with Crippen LogP contribution in [0.2, 0.25) is 0 Å². The van der Waals surface area contributed by atoms with Crippen LogP contribution in [0.25, 0.3) is 0 Å². The van der Waals surface area contributed by atoms with Crippen LogP contribution < -0.4 is 20.4 Å². The van der Waals surface area contributed by atoms with Crippen LogP contribution in [0.15, 0.2) is 12.1 Å². The molecule has 1 atom stereocenters. The molecule has 1 heterocycles. The van der Waals surface area contributed by atoms with Crippen LogP contribution in [0.3, 0.4) is 0 Å². The molecule has 0 aliphatic carbocycles. The largest absolute Gasteiger partial charge is 0.351 e. The van der Waals surface area contributed by atoms with Gasteiger partial charge < -0.3 is 20.4 Å². The number of quaternary nitrogens is 2. The fourth-order valence-electron chi connectivity index (χ4n) is 3.88. The summed E-state index contributed by atoms with van der Waals surface area (Å²) in [6.45, 7) is 15.2. The van der Waals surface area contributed by atoms with Gasteiger partial charge in [0, 0.05) is 12.2 Å². The Labute approximate surface area is 163 Å². The van der Waals surface area contributed by atoms with Crippen molar-refractivity contribution < 1.29 is 19.4 Å². The van der Waals surface area contributed by atoms with Crippen LogP contribution in [0, 0.1) is 20.8 Å². The van der Waals surface area contributed by atoms with Gasteiger partial charge in [-0.2, -0.15) is 0 Å². The quantitative estimate of drug-likeness (QED) is 0.506. The Balaban J connectivity index is 1.85. The third kappa shape index (κ3) is 6.04. The Morgan fingerprint density at radius 2 is 1.67 bits per heavy atom. The van der Waals surface area contributed by atoms with Gasteiger partial charge in [0.25, 0.3) is 11.8 Å². The summed E-state index contributed by atoms with van der Waals surface area (Å²) in [5.41, 5.74) is 4.36. The standard InChI is InChI=1S/C21H34N4O2/c1-6-7-22-19(26)14-24-8-10-25(11-9-24)18(5)21(27)23-20-16(3)12-15(2)13-17(20)4/h12-13,18H,6-11,14H2,1-5H3,(H,22,26)(H,23,27)/p+2/t18-/m0/s1. The maximum atomic E-state index is 12.8. The summed E-state index contributed by atoms with van der Waals surface area (Å²) in [6.07, 6.45) is 0.964. The summed E-state index contributed by atoms with van der Waals surface area (Å²) in [6, 6.07) is 4.11. The van der Waals surface area contributed by atoms with Crippen molar-refractivity contribution >= 4 is 17.5 Å². The van der Waals surface area contributed by atoms with E-state index in [2.05, 4.69) is 36.6 Å². The highest BCUT2D eigenvalue weighted by atomic mass is 16.2. The lowest BCUT2D eigenvalue weighted by atomic mass is 10.0. The summed E-state index contributed by atoms with van der Waals surface area (Å²) >= 11 is 0. The van der Waals surface area contributed by atoms with E-state index in [9.17, 15) is 9.59 Å². The molecule has 1 aliphatic heterocycles. The van der Waals surface area contributed by atoms with Gasteiger partial charge in [-0.15, -0.1) is 0 Å². The molecule has 0 radical (unpaired) electrons. The lowest BCUT2D eigenvalue weighted by molar-refractivity contribution is -1.01. The van der Waals surface area contributed by atoms with E-state index < -0.39 is 0 Å². The average molecular weight is 377 g/mol. The summed E-state index contributed by atoms with van der Waals surface area (Å²) in [7, 11) is 0. The Kier molecular flexibility index (Phi) is 7.80. The molecule has 1 fully saturated rings. The third-order valence-electron chi connectivity index (χ3n) is 5.51. The van der Waals surface area contributed by atoms with Crippen molar-refractivity contribution in [1.29, 1.82) is 0 Å². The van der Waals surface area contributed by atoms with Crippen LogP contribution in [0.4, 0.5) is 5.69 Å². The molecule has 0 spiro atoms. The second kappa shape index (κ2) is 9.85. The number of nitrogens with one attached hydrogen (secondary N) is 4. The van der Waals surface area contributed by atoms with Crippen molar-refractivity contribution in [2.75, 3.05) is 44.6 Å². The Morgan fingerprint density at radius 1 is 1.07 bits per heavy atom. The Hall–Kier alpha value is -1.92. The lowest BCUT2D eigenvalue weighted by Crippen LogP contribution is -3.30. The predicted octanol–water partition coefficient (Wildman–Crippen LogP) is -0.752. The Bertz CT molecular complexity index is 643. The van der Waals surface area contributed by atoms with Gasteiger partial charge in [-0.25, -0.2) is 0 Å². The number of benzene rings is 1. The number of anilines is 1. The molecule has 2 rings (SSSR count). The molecule has 2 amide bonds. The maximum Gasteiger partial charge on any atom is 0.282 e. The molecule has 0 unspecified atom stereocenters. The fraction of sp³-hybridized carbons (Fsp3) is 0.619. The van der Waals surface area contributed by atoms with Crippen molar-refractivity contribution in [3.8, 4) is 0 Å². The minimum Gasteiger partial charge on any atom is -0.351 e. The molecule has 1 saturated heterocycles. The van der Waals surface area contributed by atoms with Gasteiger partial charge in [-0.05, 0) is 45.2 Å². The molecule has 6 heteroatoms. The second-order valence-corrected chi connectivity index (χ2v) is 7.92. The van der Waals surface area contributed by atoms with Gasteiger partial charge >= 0.3 is 0 Å². The number of piperazine rings is 1. The van der Waals surface area contributed by atoms with E-state index in [1.165, 1.54) is 15.4 Å². The summed E-state index contributed by atoms with van der Waals surface area (Å²) in [5.74, 6) is 0.204. The number of hydrogen-bond acceptors (Lipinski definition) is 2. The van der Waals surface area contributed by atoms with E-state index in [0.717, 1.165) is 56.0 Å². The molecular formula is C21H36N4O2+2. The number of hydrogen-bond donors (Lipinski definition) is 4. The molecule has 150 valence electrons. The fourth-order valence-corrected chi connectivity index (χ4v) is 3.88. The first-order valence-electron chi connectivity index (χ1n) is 10.1. The highest BCUT2D eigenvalue weighted by molar-refractivity contribution is 5.95. The number of carbonyl (C=O) groups is 2. The first-order chi connectivity index (χ1) is 12.8. The maximum absolute atomic E-state index is 12.8. The van der Waals surface area contributed by atoms with Crippen molar-refractivity contribution in [3.05, 3.63) is 28.8 Å². The number of amides is 2. The average Bonchev–Trinajstić information content (AvgIpc) is 2.62. The predicted molar refractivity (Wildman–Crippen MR) is 108 cm³/mol. The van der Waals surface area contributed by atoms with E-state index in [4.69, 9.17) is 0 Å². The van der Waals surface area contributed by atoms with Gasteiger partial charge in [-0.1, -0.05) is 24.6 Å². The van der Waals surface area contributed by atoms with Crippen LogP contribution in [-0.4, -0.2) is 57.1 Å². The van der Waals surface area contributed by atoms with Crippen molar-refractivity contribution in [1.82, 2.24) is 5.32 Å².